The van der Waals surface area contributed by atoms with Gasteiger partial charge in [0.15, 0.2) is 11.0 Å². The third-order valence-corrected chi connectivity index (χ3v) is 6.39. The SMILES string of the molecule is CCOc1cc2c(cc1CSc1nnc(-c3cccs3)n1CC)OC(C)C2. The summed E-state index contributed by atoms with van der Waals surface area (Å²) in [7, 11) is 0. The van der Waals surface area contributed by atoms with Gasteiger partial charge in [0, 0.05) is 29.8 Å². The molecule has 0 amide bonds. The molecule has 0 aliphatic carbocycles. The van der Waals surface area contributed by atoms with Crippen molar-refractivity contribution in [3.63, 3.8) is 0 Å². The van der Waals surface area contributed by atoms with E-state index in [2.05, 4.69) is 52.2 Å². The smallest absolute Gasteiger partial charge is 0.191 e. The molecular formula is C20H23N3O2S2. The molecule has 142 valence electrons. The summed E-state index contributed by atoms with van der Waals surface area (Å²) in [5.74, 6) is 3.63. The van der Waals surface area contributed by atoms with Gasteiger partial charge < -0.3 is 14.0 Å². The topological polar surface area (TPSA) is 49.2 Å². The van der Waals surface area contributed by atoms with Crippen LogP contribution in [-0.2, 0) is 18.7 Å². The molecule has 0 radical (unpaired) electrons. The molecular weight excluding hydrogens is 378 g/mol. The van der Waals surface area contributed by atoms with E-state index in [1.807, 2.05) is 13.0 Å². The van der Waals surface area contributed by atoms with Crippen LogP contribution in [0.2, 0.25) is 0 Å². The Morgan fingerprint density at radius 3 is 2.96 bits per heavy atom. The number of hydrogen-bond acceptors (Lipinski definition) is 6. The molecule has 27 heavy (non-hydrogen) atoms. The first-order valence-corrected chi connectivity index (χ1v) is 11.1. The van der Waals surface area contributed by atoms with E-state index in [-0.39, 0.29) is 6.10 Å². The van der Waals surface area contributed by atoms with Crippen molar-refractivity contribution in [1.82, 2.24) is 14.8 Å². The molecule has 0 bridgehead atoms. The van der Waals surface area contributed by atoms with E-state index < -0.39 is 0 Å². The average Bonchev–Trinajstić information content (AvgIpc) is 3.38. The molecule has 3 heterocycles. The van der Waals surface area contributed by atoms with Gasteiger partial charge in [-0.1, -0.05) is 17.8 Å². The molecule has 3 aromatic rings. The van der Waals surface area contributed by atoms with E-state index in [1.54, 1.807) is 23.1 Å². The van der Waals surface area contributed by atoms with Crippen LogP contribution in [0.3, 0.4) is 0 Å². The summed E-state index contributed by atoms with van der Waals surface area (Å²) >= 11 is 3.37. The van der Waals surface area contributed by atoms with Gasteiger partial charge >= 0.3 is 0 Å². The van der Waals surface area contributed by atoms with Crippen LogP contribution in [0.25, 0.3) is 10.7 Å². The Hall–Kier alpha value is -1.99. The lowest BCUT2D eigenvalue weighted by molar-refractivity contribution is 0.254. The van der Waals surface area contributed by atoms with Crippen molar-refractivity contribution in [3.8, 4) is 22.2 Å². The number of hydrogen-bond donors (Lipinski definition) is 0. The Morgan fingerprint density at radius 2 is 2.22 bits per heavy atom. The standard InChI is InChI=1S/C20H23N3O2S2/c1-4-23-19(18-7-6-8-26-18)21-22-20(23)27-12-15-11-17-14(9-13(3)25-17)10-16(15)24-5-2/h6-8,10-11,13H,4-5,9,12H2,1-3H3. The molecule has 1 aromatic carbocycles. The fraction of sp³-hybridized carbons (Fsp3) is 0.400. The predicted molar refractivity (Wildman–Crippen MR) is 110 cm³/mol. The summed E-state index contributed by atoms with van der Waals surface area (Å²) < 4.78 is 14.0. The lowest BCUT2D eigenvalue weighted by Crippen LogP contribution is -2.05. The van der Waals surface area contributed by atoms with E-state index in [9.17, 15) is 0 Å². The van der Waals surface area contributed by atoms with Crippen molar-refractivity contribution in [1.29, 1.82) is 0 Å². The number of benzene rings is 1. The van der Waals surface area contributed by atoms with Crippen molar-refractivity contribution >= 4 is 23.1 Å². The molecule has 5 nitrogen and oxygen atoms in total. The molecule has 7 heteroatoms. The second kappa shape index (κ2) is 7.94. The molecule has 0 saturated heterocycles. The van der Waals surface area contributed by atoms with Crippen LogP contribution in [0.1, 0.15) is 31.9 Å². The zero-order valence-electron chi connectivity index (χ0n) is 15.8. The van der Waals surface area contributed by atoms with Crippen LogP contribution in [0, 0.1) is 0 Å². The minimum Gasteiger partial charge on any atom is -0.494 e. The van der Waals surface area contributed by atoms with Gasteiger partial charge in [0.05, 0.1) is 11.5 Å². The van der Waals surface area contributed by atoms with Gasteiger partial charge in [-0.15, -0.1) is 21.5 Å². The quantitative estimate of drug-likeness (QED) is 0.519. The monoisotopic (exact) mass is 401 g/mol. The zero-order valence-corrected chi connectivity index (χ0v) is 17.4. The molecule has 0 fully saturated rings. The number of ether oxygens (including phenoxy) is 2. The number of thioether (sulfide) groups is 1. The summed E-state index contributed by atoms with van der Waals surface area (Å²) in [4.78, 5) is 1.14. The number of thiophene rings is 1. The molecule has 2 aromatic heterocycles. The minimum absolute atomic E-state index is 0.230. The van der Waals surface area contributed by atoms with Crippen molar-refractivity contribution in [2.24, 2.45) is 0 Å². The van der Waals surface area contributed by atoms with Gasteiger partial charge in [-0.3, -0.25) is 0 Å². The summed E-state index contributed by atoms with van der Waals surface area (Å²) in [6.07, 6.45) is 1.17. The van der Waals surface area contributed by atoms with Gasteiger partial charge in [-0.25, -0.2) is 0 Å². The summed E-state index contributed by atoms with van der Waals surface area (Å²) in [6.45, 7) is 7.74. The van der Waals surface area contributed by atoms with Crippen LogP contribution < -0.4 is 9.47 Å². The maximum absolute atomic E-state index is 5.93. The maximum Gasteiger partial charge on any atom is 0.191 e. The normalized spacial score (nSPS) is 15.6. The van der Waals surface area contributed by atoms with E-state index in [0.29, 0.717) is 6.61 Å². The third-order valence-electron chi connectivity index (χ3n) is 4.51. The van der Waals surface area contributed by atoms with Gasteiger partial charge in [0.2, 0.25) is 0 Å². The molecule has 4 rings (SSSR count). The van der Waals surface area contributed by atoms with Crippen molar-refractivity contribution in [2.45, 2.75) is 50.8 Å². The van der Waals surface area contributed by atoms with Gasteiger partial charge in [0.25, 0.3) is 0 Å². The Kier molecular flexibility index (Phi) is 5.41. The highest BCUT2D eigenvalue weighted by atomic mass is 32.2. The fourth-order valence-electron chi connectivity index (χ4n) is 3.30. The lowest BCUT2D eigenvalue weighted by atomic mass is 10.1. The van der Waals surface area contributed by atoms with Crippen molar-refractivity contribution < 1.29 is 9.47 Å². The third kappa shape index (κ3) is 3.71. The van der Waals surface area contributed by atoms with E-state index in [0.717, 1.165) is 51.6 Å². The first-order valence-electron chi connectivity index (χ1n) is 9.24. The Morgan fingerprint density at radius 1 is 1.33 bits per heavy atom. The largest absolute Gasteiger partial charge is 0.494 e. The molecule has 1 aliphatic rings. The highest BCUT2D eigenvalue weighted by molar-refractivity contribution is 7.98. The van der Waals surface area contributed by atoms with Gasteiger partial charge in [-0.05, 0) is 44.4 Å². The highest BCUT2D eigenvalue weighted by Gasteiger charge is 2.22. The van der Waals surface area contributed by atoms with Crippen molar-refractivity contribution in [2.75, 3.05) is 6.61 Å². The first-order chi connectivity index (χ1) is 13.2. The minimum atomic E-state index is 0.230. The number of fused-ring (bicyclic) bond motifs is 1. The highest BCUT2D eigenvalue weighted by Crippen LogP contribution is 2.38. The number of rotatable bonds is 7. The van der Waals surface area contributed by atoms with Crippen LogP contribution >= 0.6 is 23.1 Å². The maximum atomic E-state index is 5.93. The van der Waals surface area contributed by atoms with E-state index in [4.69, 9.17) is 9.47 Å². The second-order valence-electron chi connectivity index (χ2n) is 6.45. The van der Waals surface area contributed by atoms with E-state index in [1.165, 1.54) is 5.56 Å². The Balaban J connectivity index is 1.58. The Bertz CT molecular complexity index is 922. The molecule has 0 N–H and O–H groups in total. The van der Waals surface area contributed by atoms with Crippen LogP contribution in [0.15, 0.2) is 34.8 Å². The summed E-state index contributed by atoms with van der Waals surface area (Å²) in [5.41, 5.74) is 2.37. The Labute approximate surface area is 167 Å². The van der Waals surface area contributed by atoms with Crippen LogP contribution in [0.5, 0.6) is 11.5 Å². The molecule has 1 aliphatic heterocycles. The van der Waals surface area contributed by atoms with Gasteiger partial charge in [0.1, 0.15) is 17.6 Å². The molecule has 1 unspecified atom stereocenters. The molecule has 0 spiro atoms. The lowest BCUT2D eigenvalue weighted by Gasteiger charge is -2.12. The first kappa shape index (κ1) is 18.4. The predicted octanol–water partition coefficient (Wildman–Crippen LogP) is 5.04. The van der Waals surface area contributed by atoms with Crippen LogP contribution in [0.4, 0.5) is 0 Å². The molecule has 1 atom stereocenters. The number of aromatic nitrogens is 3. The fourth-order valence-corrected chi connectivity index (χ4v) is 4.99. The number of nitrogens with zero attached hydrogens (tertiary/aromatic N) is 3. The second-order valence-corrected chi connectivity index (χ2v) is 8.34. The summed E-state index contributed by atoms with van der Waals surface area (Å²) in [6, 6.07) is 8.40. The molecule has 0 saturated carbocycles. The zero-order chi connectivity index (χ0) is 18.8. The van der Waals surface area contributed by atoms with Crippen molar-refractivity contribution in [3.05, 3.63) is 40.8 Å². The average molecular weight is 402 g/mol. The van der Waals surface area contributed by atoms with E-state index >= 15 is 0 Å². The van der Waals surface area contributed by atoms with Crippen LogP contribution in [-0.4, -0.2) is 27.5 Å². The summed E-state index contributed by atoms with van der Waals surface area (Å²) in [5, 5.41) is 11.8. The van der Waals surface area contributed by atoms with Gasteiger partial charge in [-0.2, -0.15) is 0 Å².